The number of imidazole rings is 4. The van der Waals surface area contributed by atoms with Gasteiger partial charge in [0.25, 0.3) is 22.9 Å². The normalized spacial score (nSPS) is 13.5. The minimum atomic E-state index is -0.211. The molecule has 10 aromatic heterocycles. The van der Waals surface area contributed by atoms with Crippen molar-refractivity contribution in [3.8, 4) is 0 Å². The van der Waals surface area contributed by atoms with E-state index in [0.29, 0.717) is 87.1 Å². The molecule has 3 aliphatic heterocycles. The lowest BCUT2D eigenvalue weighted by atomic mass is 10.1. The van der Waals surface area contributed by atoms with Crippen molar-refractivity contribution in [2.24, 2.45) is 4.99 Å². The number of hydrogen-bond acceptors (Lipinski definition) is 21. The topological polar surface area (TPSA) is 356 Å². The van der Waals surface area contributed by atoms with E-state index in [4.69, 9.17) is 0 Å². The number of amides is 2. The van der Waals surface area contributed by atoms with E-state index in [0.717, 1.165) is 62.3 Å². The molecule has 13 heterocycles. The molecule has 31 nitrogen and oxygen atoms in total. The van der Waals surface area contributed by atoms with Gasteiger partial charge in [0.05, 0.1) is 36.7 Å². The molecule has 106 heavy (non-hydrogen) atoms. The number of H-pyrrole nitrogens is 2. The highest BCUT2D eigenvalue weighted by Gasteiger charge is 2.28. The van der Waals surface area contributed by atoms with Crippen molar-refractivity contribution in [2.45, 2.75) is 235 Å². The summed E-state index contributed by atoms with van der Waals surface area (Å²) < 4.78 is 11.5. The highest BCUT2D eigenvalue weighted by atomic mass is 16.2. The van der Waals surface area contributed by atoms with Crippen LogP contribution in [0.2, 0.25) is 0 Å². The van der Waals surface area contributed by atoms with Crippen LogP contribution in [0.25, 0.3) is 44.5 Å². The van der Waals surface area contributed by atoms with Crippen LogP contribution >= 0.6 is 0 Å². The molecule has 0 radical (unpaired) electrons. The largest absolute Gasteiger partial charge is 0.332 e. The molecule has 0 spiro atoms. The summed E-state index contributed by atoms with van der Waals surface area (Å²) >= 11 is 0. The zero-order valence-corrected chi connectivity index (χ0v) is 66.8. The van der Waals surface area contributed by atoms with Crippen LogP contribution in [0.1, 0.15) is 231 Å². The maximum absolute atomic E-state index is 11.6. The summed E-state index contributed by atoms with van der Waals surface area (Å²) in [4.78, 5) is 116. The predicted molar refractivity (Wildman–Crippen MR) is 418 cm³/mol. The lowest BCUT2D eigenvalue weighted by molar-refractivity contribution is -0.117. The predicted octanol–water partition coefficient (Wildman–Crippen LogP) is 12.7. The number of hydrogen-bond donors (Lipinski definition) is 5. The summed E-state index contributed by atoms with van der Waals surface area (Å²) in [6.45, 7) is 65.1. The number of aromatic amines is 2. The van der Waals surface area contributed by atoms with Gasteiger partial charge < -0.3 is 58.6 Å². The molecule has 0 fully saturated rings. The van der Waals surface area contributed by atoms with Crippen molar-refractivity contribution >= 4 is 73.7 Å². The van der Waals surface area contributed by atoms with E-state index >= 15 is 0 Å². The first-order chi connectivity index (χ1) is 49.4. The number of fused-ring (bicyclic) bond motifs is 5. The molecule has 0 bridgehead atoms. The van der Waals surface area contributed by atoms with E-state index in [1.54, 1.807) is 50.8 Å². The Hall–Kier alpha value is -11.4. The van der Waals surface area contributed by atoms with Gasteiger partial charge in [0, 0.05) is 90.0 Å². The number of nitrogens with one attached hydrogen (secondary N) is 5. The first kappa shape index (κ1) is 83.5. The van der Waals surface area contributed by atoms with Gasteiger partial charge in [-0.2, -0.15) is 0 Å². The molecule has 0 aliphatic carbocycles. The number of carbonyl (C=O) groups excluding carboxylic acids is 3. The molecule has 0 aromatic carbocycles. The summed E-state index contributed by atoms with van der Waals surface area (Å²) in [5.74, 6) is 5.47. The summed E-state index contributed by atoms with van der Waals surface area (Å²) in [5, 5.41) is 13.4. The second-order valence-corrected chi connectivity index (χ2v) is 28.7. The van der Waals surface area contributed by atoms with Gasteiger partial charge in [-0.05, 0) is 192 Å². The smallest absolute Gasteiger partial charge is 0.279 e. The number of carbonyl (C=O) groups is 3. The first-order valence-corrected chi connectivity index (χ1v) is 35.2. The Labute approximate surface area is 619 Å². The molecule has 31 heteroatoms. The number of aryl methyl sites for hydroxylation is 6. The fourth-order valence-corrected chi connectivity index (χ4v) is 10.6. The highest BCUT2D eigenvalue weighted by Crippen LogP contribution is 2.28. The van der Waals surface area contributed by atoms with Crippen molar-refractivity contribution in [1.82, 2.24) is 118 Å². The lowest BCUT2D eigenvalue weighted by Gasteiger charge is -2.31. The van der Waals surface area contributed by atoms with Crippen LogP contribution < -0.4 is 27.1 Å². The van der Waals surface area contributed by atoms with Gasteiger partial charge in [-0.25, -0.2) is 64.5 Å². The highest BCUT2D eigenvalue weighted by molar-refractivity contribution is 6.01. The molecular weight excluding hydrogens is 1350 g/mol. The SMILES string of the molecule is C=C1N=C(C)C(C)=CN1C(C)C.C=C1NC(=O)C(C)=CN1C(C)C.C=C1NC(=O)c2ncn(C(C)(C)C)c2N1.CC(=O)c1ncn(C(C)C)n1.Cc1nc(C)c2ccn(C(C)C)c2n1.Cc1nc(C)c2ncn(C(C)C)c2n1.Cc1nc2c(ncn2C(C)C)c(=O)[nH]1.Cc1nc2ncn(C(C)C)c2c(=O)[nH]1. The van der Waals surface area contributed by atoms with E-state index in [2.05, 4.69) is 192 Å². The minimum absolute atomic E-state index is 0.0584. The second kappa shape index (κ2) is 35.4. The van der Waals surface area contributed by atoms with E-state index in [1.165, 1.54) is 12.5 Å². The molecule has 10 aromatic rings. The molecule has 13 rings (SSSR count). The van der Waals surface area contributed by atoms with E-state index < -0.39 is 0 Å². The van der Waals surface area contributed by atoms with Crippen LogP contribution in [-0.4, -0.2) is 143 Å². The Morgan fingerprint density at radius 1 is 0.500 bits per heavy atom. The molecule has 5 N–H and O–H groups in total. The second-order valence-electron chi connectivity index (χ2n) is 28.7. The molecule has 3 aliphatic rings. The van der Waals surface area contributed by atoms with Gasteiger partial charge in [0.15, 0.2) is 39.5 Å². The number of rotatable bonds is 8. The Kier molecular flexibility index (Phi) is 27.9. The summed E-state index contributed by atoms with van der Waals surface area (Å²) in [6.07, 6.45) is 14.4. The summed E-state index contributed by atoms with van der Waals surface area (Å²) in [7, 11) is 0. The standard InChI is InChI=1S/C11H15N3.C10H14N4O.C10H14N4.C10H16N2.2C9H12N4O.C9H14N2O.C7H11N3O/c1-7(2)14-6-5-10-8(3)12-9(4)13-11(10)14;1-6-12-8-7(9(15)13-6)11-5-14(8)10(2,3)4;1-6(2)14-5-11-9-7(3)12-8(4)13-10(9)14;1-7(2)12-6-8(3)9(4)11-10(12)5;1-5(2)13-4-10-8-7(13)9(14)12-6(3)11-8;1-5(2)13-4-10-7-8(13)11-6(3)12-9(7)14;1-6(2)11-5-7(3)9(12)10-8(11)4;1-5(2)10-4-8-7(9-10)6(3)11/h5-7H,1-4H3;5,12H,1H2,2-4H3,(H,13,15);5-6H,1-4H3;6-7H,5H2,1-4H3;2*4-5H,1-3H3,(H,11,12,14);5-6H,4H2,1-3H3,(H,10,12);4-5H,1-3H3. The molecule has 2 amide bonds. The van der Waals surface area contributed by atoms with Crippen LogP contribution in [0, 0.1) is 41.5 Å². The maximum Gasteiger partial charge on any atom is 0.279 e. The van der Waals surface area contributed by atoms with E-state index in [1.807, 2.05) is 142 Å². The van der Waals surface area contributed by atoms with Gasteiger partial charge >= 0.3 is 0 Å². The zero-order chi connectivity index (χ0) is 79.4. The van der Waals surface area contributed by atoms with Crippen LogP contribution in [0.15, 0.2) is 119 Å². The van der Waals surface area contributed by atoms with Crippen LogP contribution in [0.4, 0.5) is 5.82 Å². The number of Topliss-reactive ketones (excluding diaryl/α,β-unsaturated/α-hetero) is 1. The zero-order valence-electron chi connectivity index (χ0n) is 66.8. The molecule has 0 unspecified atom stereocenters. The fraction of sp³-hybridized carbons (Fsp3) is 0.467. The number of allylic oxidation sites excluding steroid dienone is 1. The lowest BCUT2D eigenvalue weighted by Crippen LogP contribution is -2.40. The average molecular weight is 1450 g/mol. The van der Waals surface area contributed by atoms with Crippen molar-refractivity contribution in [2.75, 3.05) is 5.32 Å². The van der Waals surface area contributed by atoms with Crippen LogP contribution in [0.5, 0.6) is 0 Å². The fourth-order valence-electron chi connectivity index (χ4n) is 10.6. The average Bonchev–Trinajstić information content (AvgIpc) is 1.66. The van der Waals surface area contributed by atoms with Crippen LogP contribution in [-0.2, 0) is 10.3 Å². The Morgan fingerprint density at radius 2 is 1.03 bits per heavy atom. The van der Waals surface area contributed by atoms with Gasteiger partial charge in [-0.15, -0.1) is 5.10 Å². The minimum Gasteiger partial charge on any atom is -0.332 e. The van der Waals surface area contributed by atoms with Crippen molar-refractivity contribution in [3.05, 3.63) is 172 Å². The van der Waals surface area contributed by atoms with Crippen molar-refractivity contribution < 1.29 is 14.4 Å². The Morgan fingerprint density at radius 3 is 1.57 bits per heavy atom. The molecule has 0 atom stereocenters. The van der Waals surface area contributed by atoms with Gasteiger partial charge in [-0.1, -0.05) is 19.7 Å². The summed E-state index contributed by atoms with van der Waals surface area (Å²) in [5.41, 5.74) is 10.0. The number of nitrogens with zero attached hydrogens (tertiary/aromatic N) is 21. The Balaban J connectivity index is 0.000000190. The molecule has 568 valence electrons. The number of aliphatic imine (C=N–C) groups is 1. The number of ketones is 1. The van der Waals surface area contributed by atoms with Crippen molar-refractivity contribution in [1.29, 1.82) is 0 Å². The van der Waals surface area contributed by atoms with Gasteiger partial charge in [-0.3, -0.25) is 24.0 Å². The Bertz CT molecular complexity index is 4960. The van der Waals surface area contributed by atoms with E-state index in [9.17, 15) is 24.0 Å². The van der Waals surface area contributed by atoms with Gasteiger partial charge in [0.1, 0.15) is 64.1 Å². The molecule has 0 saturated carbocycles. The first-order valence-electron chi connectivity index (χ1n) is 35.2. The third-order valence-corrected chi connectivity index (χ3v) is 16.4. The van der Waals surface area contributed by atoms with Gasteiger partial charge in [0.2, 0.25) is 5.82 Å². The quantitative estimate of drug-likeness (QED) is 0.0882. The third kappa shape index (κ3) is 20.9. The monoisotopic (exact) mass is 1450 g/mol. The molecular formula is C75H108N26O5. The third-order valence-electron chi connectivity index (χ3n) is 16.4. The molecule has 0 saturated heterocycles. The number of aromatic nitrogens is 20. The van der Waals surface area contributed by atoms with Crippen LogP contribution in [0.3, 0.4) is 0 Å². The van der Waals surface area contributed by atoms with Crippen molar-refractivity contribution in [3.63, 3.8) is 0 Å². The number of anilines is 1. The summed E-state index contributed by atoms with van der Waals surface area (Å²) in [6, 6.07) is 4.41. The van der Waals surface area contributed by atoms with E-state index in [-0.39, 0.29) is 52.4 Å². The maximum atomic E-state index is 11.6.